The van der Waals surface area contributed by atoms with E-state index in [4.69, 9.17) is 10.8 Å². The lowest BCUT2D eigenvalue weighted by Gasteiger charge is -2.29. The minimum Gasteiger partial charge on any atom is -0.481 e. The Bertz CT molecular complexity index is 207. The molecular formula is C11H19NO2. The van der Waals surface area contributed by atoms with Crippen molar-refractivity contribution in [1.29, 1.82) is 0 Å². The van der Waals surface area contributed by atoms with Crippen LogP contribution in [0.25, 0.3) is 0 Å². The number of carboxylic acids is 1. The number of carboxylic acid groups (broad SMARTS) is 1. The summed E-state index contributed by atoms with van der Waals surface area (Å²) in [7, 11) is 0. The van der Waals surface area contributed by atoms with Crippen LogP contribution >= 0.6 is 0 Å². The SMILES string of the molecule is C=CCC(N)C1CCC(C(=O)O)CC1. The summed E-state index contributed by atoms with van der Waals surface area (Å²) in [4.78, 5) is 10.7. The van der Waals surface area contributed by atoms with Crippen LogP contribution in [0.4, 0.5) is 0 Å². The van der Waals surface area contributed by atoms with Gasteiger partial charge in [0.05, 0.1) is 5.92 Å². The van der Waals surface area contributed by atoms with E-state index in [9.17, 15) is 4.79 Å². The third-order valence-corrected chi connectivity index (χ3v) is 3.17. The van der Waals surface area contributed by atoms with Crippen LogP contribution < -0.4 is 5.73 Å². The number of hydrogen-bond acceptors (Lipinski definition) is 2. The molecule has 1 unspecified atom stereocenters. The van der Waals surface area contributed by atoms with E-state index in [1.54, 1.807) is 0 Å². The van der Waals surface area contributed by atoms with Crippen LogP contribution in [-0.2, 0) is 4.79 Å². The van der Waals surface area contributed by atoms with Crippen molar-refractivity contribution in [3.63, 3.8) is 0 Å². The number of carbonyl (C=O) groups is 1. The van der Waals surface area contributed by atoms with E-state index in [0.29, 0.717) is 5.92 Å². The standard InChI is InChI=1S/C11H19NO2/c1-2-3-10(12)8-4-6-9(7-5-8)11(13)14/h2,8-10H,1,3-7,12H2,(H,13,14). The first-order valence-electron chi connectivity index (χ1n) is 5.24. The molecule has 3 heteroatoms. The third kappa shape index (κ3) is 2.84. The van der Waals surface area contributed by atoms with Gasteiger partial charge in [-0.15, -0.1) is 6.58 Å². The number of hydrogen-bond donors (Lipinski definition) is 2. The molecule has 0 bridgehead atoms. The molecule has 0 aliphatic heterocycles. The largest absolute Gasteiger partial charge is 0.481 e. The Hall–Kier alpha value is -0.830. The van der Waals surface area contributed by atoms with Crippen LogP contribution in [0.2, 0.25) is 0 Å². The summed E-state index contributed by atoms with van der Waals surface area (Å²) in [6.07, 6.45) is 6.14. The fourth-order valence-electron chi connectivity index (χ4n) is 2.18. The highest BCUT2D eigenvalue weighted by atomic mass is 16.4. The van der Waals surface area contributed by atoms with Crippen LogP contribution in [0.1, 0.15) is 32.1 Å². The van der Waals surface area contributed by atoms with Crippen molar-refractivity contribution in [1.82, 2.24) is 0 Å². The predicted molar refractivity (Wildman–Crippen MR) is 55.9 cm³/mol. The van der Waals surface area contributed by atoms with Crippen molar-refractivity contribution in [3.8, 4) is 0 Å². The lowest BCUT2D eigenvalue weighted by Crippen LogP contribution is -2.33. The second kappa shape index (κ2) is 5.15. The quantitative estimate of drug-likeness (QED) is 0.675. The molecule has 3 nitrogen and oxygen atoms in total. The zero-order chi connectivity index (χ0) is 10.6. The van der Waals surface area contributed by atoms with E-state index in [2.05, 4.69) is 6.58 Å². The summed E-state index contributed by atoms with van der Waals surface area (Å²) < 4.78 is 0. The van der Waals surface area contributed by atoms with Crippen LogP contribution in [0.5, 0.6) is 0 Å². The number of nitrogens with two attached hydrogens (primary N) is 1. The van der Waals surface area contributed by atoms with E-state index < -0.39 is 5.97 Å². The molecule has 80 valence electrons. The maximum absolute atomic E-state index is 10.7. The van der Waals surface area contributed by atoms with Crippen LogP contribution in [0.3, 0.4) is 0 Å². The van der Waals surface area contributed by atoms with Gasteiger partial charge in [-0.05, 0) is 38.0 Å². The van der Waals surface area contributed by atoms with Gasteiger partial charge in [0, 0.05) is 6.04 Å². The minimum absolute atomic E-state index is 0.137. The van der Waals surface area contributed by atoms with E-state index in [0.717, 1.165) is 32.1 Å². The minimum atomic E-state index is -0.652. The van der Waals surface area contributed by atoms with Gasteiger partial charge in [0.1, 0.15) is 0 Å². The molecule has 3 N–H and O–H groups in total. The third-order valence-electron chi connectivity index (χ3n) is 3.17. The van der Waals surface area contributed by atoms with Crippen molar-refractivity contribution in [2.24, 2.45) is 17.6 Å². The molecule has 1 rings (SSSR count). The van der Waals surface area contributed by atoms with Gasteiger partial charge < -0.3 is 10.8 Å². The van der Waals surface area contributed by atoms with Gasteiger partial charge in [-0.25, -0.2) is 0 Å². The first-order valence-corrected chi connectivity index (χ1v) is 5.24. The van der Waals surface area contributed by atoms with E-state index in [-0.39, 0.29) is 12.0 Å². The normalized spacial score (nSPS) is 29.5. The molecule has 0 radical (unpaired) electrons. The average Bonchev–Trinajstić information content (AvgIpc) is 2.18. The summed E-state index contributed by atoms with van der Waals surface area (Å²) in [6, 6.07) is 0.169. The lowest BCUT2D eigenvalue weighted by atomic mass is 9.78. The van der Waals surface area contributed by atoms with Gasteiger partial charge in [0.15, 0.2) is 0 Å². The van der Waals surface area contributed by atoms with Crippen molar-refractivity contribution in [2.75, 3.05) is 0 Å². The second-order valence-corrected chi connectivity index (χ2v) is 4.14. The van der Waals surface area contributed by atoms with E-state index >= 15 is 0 Å². The lowest BCUT2D eigenvalue weighted by molar-refractivity contribution is -0.143. The number of rotatable bonds is 4. The highest BCUT2D eigenvalue weighted by molar-refractivity contribution is 5.69. The summed E-state index contributed by atoms with van der Waals surface area (Å²) >= 11 is 0. The molecule has 0 amide bonds. The fourth-order valence-corrected chi connectivity index (χ4v) is 2.18. The summed E-state index contributed by atoms with van der Waals surface area (Å²) in [5, 5.41) is 8.82. The van der Waals surface area contributed by atoms with E-state index in [1.165, 1.54) is 0 Å². The molecule has 0 aromatic heterocycles. The average molecular weight is 197 g/mol. The Balaban J connectivity index is 2.34. The van der Waals surface area contributed by atoms with Gasteiger partial charge in [-0.3, -0.25) is 4.79 Å². The zero-order valence-corrected chi connectivity index (χ0v) is 8.48. The summed E-state index contributed by atoms with van der Waals surface area (Å²) in [5.74, 6) is -0.300. The second-order valence-electron chi connectivity index (χ2n) is 4.14. The predicted octanol–water partition coefficient (Wildman–Crippen LogP) is 1.78. The Kier molecular flexibility index (Phi) is 4.14. The van der Waals surface area contributed by atoms with Crippen molar-refractivity contribution in [3.05, 3.63) is 12.7 Å². The monoisotopic (exact) mass is 197 g/mol. The molecule has 1 atom stereocenters. The molecule has 0 aromatic carbocycles. The number of aliphatic carboxylic acids is 1. The van der Waals surface area contributed by atoms with Crippen LogP contribution in [0.15, 0.2) is 12.7 Å². The first kappa shape index (κ1) is 11.2. The molecule has 0 spiro atoms. The molecule has 1 saturated carbocycles. The topological polar surface area (TPSA) is 63.3 Å². The summed E-state index contributed by atoms with van der Waals surface area (Å²) in [6.45, 7) is 3.66. The zero-order valence-electron chi connectivity index (χ0n) is 8.48. The van der Waals surface area contributed by atoms with Crippen molar-refractivity contribution in [2.45, 2.75) is 38.1 Å². The Labute approximate surface area is 85.0 Å². The Morgan fingerprint density at radius 1 is 1.50 bits per heavy atom. The van der Waals surface area contributed by atoms with Gasteiger partial charge in [-0.2, -0.15) is 0 Å². The van der Waals surface area contributed by atoms with Gasteiger partial charge in [-0.1, -0.05) is 6.08 Å². The fraction of sp³-hybridized carbons (Fsp3) is 0.727. The molecule has 1 aliphatic rings. The van der Waals surface area contributed by atoms with Crippen molar-refractivity contribution >= 4 is 5.97 Å². The maximum atomic E-state index is 10.7. The highest BCUT2D eigenvalue weighted by Gasteiger charge is 2.28. The first-order chi connectivity index (χ1) is 6.65. The van der Waals surface area contributed by atoms with Crippen molar-refractivity contribution < 1.29 is 9.90 Å². The molecule has 1 fully saturated rings. The maximum Gasteiger partial charge on any atom is 0.306 e. The highest BCUT2D eigenvalue weighted by Crippen LogP contribution is 2.31. The van der Waals surface area contributed by atoms with Gasteiger partial charge in [0.2, 0.25) is 0 Å². The molecule has 0 heterocycles. The smallest absolute Gasteiger partial charge is 0.306 e. The molecular weight excluding hydrogens is 178 g/mol. The van der Waals surface area contributed by atoms with Crippen LogP contribution in [-0.4, -0.2) is 17.1 Å². The van der Waals surface area contributed by atoms with E-state index in [1.807, 2.05) is 6.08 Å². The van der Waals surface area contributed by atoms with Gasteiger partial charge >= 0.3 is 5.97 Å². The van der Waals surface area contributed by atoms with Gasteiger partial charge in [0.25, 0.3) is 0 Å². The molecule has 1 aliphatic carbocycles. The molecule has 0 saturated heterocycles. The molecule has 14 heavy (non-hydrogen) atoms. The molecule has 0 aromatic rings. The Morgan fingerprint density at radius 2 is 2.07 bits per heavy atom. The van der Waals surface area contributed by atoms with Crippen LogP contribution in [0, 0.1) is 11.8 Å². The summed E-state index contributed by atoms with van der Waals surface area (Å²) in [5.41, 5.74) is 5.96. The Morgan fingerprint density at radius 3 is 2.50 bits per heavy atom.